The summed E-state index contributed by atoms with van der Waals surface area (Å²) >= 11 is 0. The predicted molar refractivity (Wildman–Crippen MR) is 129 cm³/mol. The summed E-state index contributed by atoms with van der Waals surface area (Å²) in [6.07, 6.45) is -5.26. The molecule has 1 N–H and O–H groups in total. The van der Waals surface area contributed by atoms with Crippen molar-refractivity contribution >= 4 is 23.1 Å². The van der Waals surface area contributed by atoms with Crippen molar-refractivity contribution in [2.45, 2.75) is 25.9 Å². The number of alkyl halides is 3. The summed E-state index contributed by atoms with van der Waals surface area (Å²) in [5, 5.41) is 7.91. The van der Waals surface area contributed by atoms with E-state index in [-0.39, 0.29) is 23.5 Å². The number of carbonyl (C=O) groups is 2. The second-order valence-corrected chi connectivity index (χ2v) is 8.35. The van der Waals surface area contributed by atoms with E-state index in [9.17, 15) is 27.6 Å². The normalized spacial score (nSPS) is 17.4. The number of ether oxygens (including phenoxy) is 1. The van der Waals surface area contributed by atoms with E-state index in [0.717, 1.165) is 15.9 Å². The molecule has 11 nitrogen and oxygen atoms in total. The van der Waals surface area contributed by atoms with Crippen molar-refractivity contribution in [2.24, 2.45) is 0 Å². The number of nitrogens with one attached hydrogen (secondary N) is 1. The highest BCUT2D eigenvalue weighted by Crippen LogP contribution is 2.38. The topological polar surface area (TPSA) is 109 Å². The van der Waals surface area contributed by atoms with Crippen LogP contribution in [-0.2, 0) is 16.2 Å². The Morgan fingerprint density at radius 3 is 2.58 bits per heavy atom. The van der Waals surface area contributed by atoms with Gasteiger partial charge in [0, 0.05) is 26.2 Å². The zero-order valence-electron chi connectivity index (χ0n) is 20.6. The first-order valence-corrected chi connectivity index (χ1v) is 11.6. The largest absolute Gasteiger partial charge is 0.496 e. The van der Waals surface area contributed by atoms with Crippen LogP contribution in [0.2, 0.25) is 0 Å². The van der Waals surface area contributed by atoms with Crippen molar-refractivity contribution in [1.29, 1.82) is 0 Å². The SMILES string of the molecule is CC#CCN1c2c(cnn(CC(=O)c3ccccc3OC)c2=O)N(OC(=O)C(F)(F)F)C1N1CCNCC1. The van der Waals surface area contributed by atoms with Gasteiger partial charge in [0.25, 0.3) is 5.56 Å². The third-order valence-corrected chi connectivity index (χ3v) is 6.03. The van der Waals surface area contributed by atoms with Gasteiger partial charge in [-0.1, -0.05) is 18.1 Å². The molecule has 1 aromatic carbocycles. The standard InChI is InChI=1S/C24H25F3N6O5/c1-3-4-11-31-20-17(33(38-22(36)24(25,26)27)23(31)30-12-9-28-10-13-30)14-29-32(21(20)35)15-18(34)16-7-5-6-8-19(16)37-2/h5-8,14,23,28H,9-13,15H2,1-2H3. The zero-order chi connectivity index (χ0) is 27.4. The Morgan fingerprint density at radius 1 is 1.21 bits per heavy atom. The number of anilines is 2. The molecule has 202 valence electrons. The summed E-state index contributed by atoms with van der Waals surface area (Å²) < 4.78 is 45.6. The minimum atomic E-state index is -5.27. The molecule has 2 aromatic rings. The number of rotatable bonds is 7. The lowest BCUT2D eigenvalue weighted by atomic mass is 10.1. The van der Waals surface area contributed by atoms with Crippen LogP contribution in [0.5, 0.6) is 5.75 Å². The Kier molecular flexibility index (Phi) is 7.88. The summed E-state index contributed by atoms with van der Waals surface area (Å²) in [4.78, 5) is 46.5. The smallest absolute Gasteiger partial charge is 0.493 e. The second kappa shape index (κ2) is 11.1. The van der Waals surface area contributed by atoms with Gasteiger partial charge in [0.1, 0.15) is 23.7 Å². The monoisotopic (exact) mass is 534 g/mol. The second-order valence-electron chi connectivity index (χ2n) is 8.35. The van der Waals surface area contributed by atoms with Crippen LogP contribution in [0.4, 0.5) is 24.5 Å². The summed E-state index contributed by atoms with van der Waals surface area (Å²) in [6.45, 7) is 2.90. The molecule has 0 aliphatic carbocycles. The number of ketones is 1. The van der Waals surface area contributed by atoms with Crippen LogP contribution in [0, 0.1) is 11.8 Å². The number of Topliss-reactive ketones (excluding diaryl/α,β-unsaturated/α-hetero) is 1. The van der Waals surface area contributed by atoms with Gasteiger partial charge in [-0.25, -0.2) is 9.48 Å². The quantitative estimate of drug-likeness (QED) is 0.408. The molecule has 1 aromatic heterocycles. The highest BCUT2D eigenvalue weighted by Gasteiger charge is 2.49. The van der Waals surface area contributed by atoms with Gasteiger partial charge in [0.15, 0.2) is 12.1 Å². The van der Waals surface area contributed by atoms with Crippen LogP contribution in [0.3, 0.4) is 0 Å². The van der Waals surface area contributed by atoms with Gasteiger partial charge < -0.3 is 19.8 Å². The van der Waals surface area contributed by atoms with Crippen LogP contribution in [0.15, 0.2) is 35.3 Å². The number of methoxy groups -OCH3 is 1. The van der Waals surface area contributed by atoms with E-state index in [2.05, 4.69) is 22.3 Å². The van der Waals surface area contributed by atoms with E-state index in [4.69, 9.17) is 9.57 Å². The van der Waals surface area contributed by atoms with E-state index in [1.165, 1.54) is 12.0 Å². The van der Waals surface area contributed by atoms with Gasteiger partial charge in [-0.15, -0.1) is 5.92 Å². The molecule has 1 saturated heterocycles. The van der Waals surface area contributed by atoms with Crippen molar-refractivity contribution in [2.75, 3.05) is 49.8 Å². The van der Waals surface area contributed by atoms with Gasteiger partial charge in [0.2, 0.25) is 0 Å². The molecule has 0 amide bonds. The number of para-hydroxylation sites is 1. The molecule has 4 rings (SSSR count). The Balaban J connectivity index is 1.78. The van der Waals surface area contributed by atoms with Gasteiger partial charge >= 0.3 is 12.1 Å². The van der Waals surface area contributed by atoms with Crippen LogP contribution < -0.4 is 25.6 Å². The van der Waals surface area contributed by atoms with Crippen molar-refractivity contribution in [3.63, 3.8) is 0 Å². The number of hydrogen-bond acceptors (Lipinski definition) is 10. The third-order valence-electron chi connectivity index (χ3n) is 6.03. The third kappa shape index (κ3) is 5.29. The Labute approximate surface area is 215 Å². The molecule has 2 aliphatic heterocycles. The summed E-state index contributed by atoms with van der Waals surface area (Å²) in [5.74, 6) is 2.94. The van der Waals surface area contributed by atoms with Crippen molar-refractivity contribution in [3.05, 3.63) is 46.4 Å². The number of nitrogens with zero attached hydrogens (tertiary/aromatic N) is 5. The lowest BCUT2D eigenvalue weighted by Gasteiger charge is -2.40. The number of fused-ring (bicyclic) bond motifs is 1. The molecule has 1 unspecified atom stereocenters. The van der Waals surface area contributed by atoms with Crippen LogP contribution in [-0.4, -0.2) is 78.7 Å². The number of aromatic nitrogens is 2. The first kappa shape index (κ1) is 27.0. The lowest BCUT2D eigenvalue weighted by Crippen LogP contribution is -2.61. The number of halogens is 3. The van der Waals surface area contributed by atoms with E-state index in [1.807, 2.05) is 0 Å². The number of piperazine rings is 1. The maximum Gasteiger partial charge on any atom is 0.493 e. The minimum Gasteiger partial charge on any atom is -0.496 e. The van der Waals surface area contributed by atoms with E-state index >= 15 is 0 Å². The molecule has 3 heterocycles. The highest BCUT2D eigenvalue weighted by atomic mass is 19.4. The first-order valence-electron chi connectivity index (χ1n) is 11.6. The number of carbonyl (C=O) groups excluding carboxylic acids is 2. The minimum absolute atomic E-state index is 0.0577. The van der Waals surface area contributed by atoms with Crippen LogP contribution in [0.25, 0.3) is 0 Å². The van der Waals surface area contributed by atoms with E-state index in [0.29, 0.717) is 31.9 Å². The van der Waals surface area contributed by atoms with Crippen molar-refractivity contribution < 1.29 is 32.3 Å². The molecular formula is C24H25F3N6O5. The maximum atomic E-state index is 13.6. The molecular weight excluding hydrogens is 509 g/mol. The molecule has 1 atom stereocenters. The zero-order valence-corrected chi connectivity index (χ0v) is 20.6. The Morgan fingerprint density at radius 2 is 1.92 bits per heavy atom. The fraction of sp³-hybridized carbons (Fsp3) is 0.417. The van der Waals surface area contributed by atoms with Crippen LogP contribution >= 0.6 is 0 Å². The van der Waals surface area contributed by atoms with E-state index in [1.54, 1.807) is 36.1 Å². The van der Waals surface area contributed by atoms with Crippen LogP contribution in [0.1, 0.15) is 17.3 Å². The summed E-state index contributed by atoms with van der Waals surface area (Å²) in [6, 6.07) is 6.48. The van der Waals surface area contributed by atoms with Crippen molar-refractivity contribution in [1.82, 2.24) is 20.0 Å². The number of benzene rings is 1. The van der Waals surface area contributed by atoms with Crippen molar-refractivity contribution in [3.8, 4) is 17.6 Å². The molecule has 14 heteroatoms. The molecule has 38 heavy (non-hydrogen) atoms. The molecule has 1 fully saturated rings. The lowest BCUT2D eigenvalue weighted by molar-refractivity contribution is -0.203. The average molecular weight is 534 g/mol. The molecule has 0 bridgehead atoms. The highest BCUT2D eigenvalue weighted by molar-refractivity contribution is 5.98. The number of hydroxylamine groups is 1. The molecule has 0 spiro atoms. The Bertz CT molecular complexity index is 1330. The molecule has 2 aliphatic rings. The molecule has 0 radical (unpaired) electrons. The Hall–Kier alpha value is -4.09. The predicted octanol–water partition coefficient (Wildman–Crippen LogP) is 0.994. The number of hydrogen-bond donors (Lipinski definition) is 1. The molecule has 0 saturated carbocycles. The summed E-state index contributed by atoms with van der Waals surface area (Å²) in [7, 11) is 1.41. The fourth-order valence-electron chi connectivity index (χ4n) is 4.30. The van der Waals surface area contributed by atoms with Gasteiger partial charge in [-0.2, -0.15) is 23.3 Å². The van der Waals surface area contributed by atoms with Gasteiger partial charge in [-0.3, -0.25) is 14.5 Å². The average Bonchev–Trinajstić information content (AvgIpc) is 3.22. The fourth-order valence-corrected chi connectivity index (χ4v) is 4.30. The summed E-state index contributed by atoms with van der Waals surface area (Å²) in [5.41, 5.74) is -0.754. The van der Waals surface area contributed by atoms with Gasteiger partial charge in [0.05, 0.1) is 25.4 Å². The maximum absolute atomic E-state index is 13.6. The first-order chi connectivity index (χ1) is 18.2. The van der Waals surface area contributed by atoms with Gasteiger partial charge in [-0.05, 0) is 19.1 Å². The van der Waals surface area contributed by atoms with E-state index < -0.39 is 36.3 Å².